The van der Waals surface area contributed by atoms with E-state index in [1.807, 2.05) is 0 Å². The second-order valence-corrected chi connectivity index (χ2v) is 5.64. The lowest BCUT2D eigenvalue weighted by molar-refractivity contribution is -0.301. The molecule has 1 rings (SSSR count). The summed E-state index contributed by atoms with van der Waals surface area (Å²) < 4.78 is 10.6. The van der Waals surface area contributed by atoms with Crippen LogP contribution in [0.1, 0.15) is 38.5 Å². The van der Waals surface area contributed by atoms with E-state index in [2.05, 4.69) is 10.0 Å². The summed E-state index contributed by atoms with van der Waals surface area (Å²) in [6.07, 6.45) is -0.336. The van der Waals surface area contributed by atoms with Gasteiger partial charge in [-0.3, -0.25) is 0 Å². The maximum absolute atomic E-state index is 9.79. The molecule has 23 heavy (non-hydrogen) atoms. The highest BCUT2D eigenvalue weighted by Gasteiger charge is 2.43. The molecule has 9 heteroatoms. The lowest BCUT2D eigenvalue weighted by Gasteiger charge is -2.39. The Labute approximate surface area is 135 Å². The molecule has 0 aromatic rings. The van der Waals surface area contributed by atoms with Crippen molar-refractivity contribution < 1.29 is 29.9 Å². The highest BCUT2D eigenvalue weighted by Crippen LogP contribution is 2.22. The molecule has 9 nitrogen and oxygen atoms in total. The van der Waals surface area contributed by atoms with Crippen molar-refractivity contribution in [1.82, 2.24) is 0 Å². The first-order valence-electron chi connectivity index (χ1n) is 8.04. The summed E-state index contributed by atoms with van der Waals surface area (Å²) in [7, 11) is 0. The van der Waals surface area contributed by atoms with E-state index in [4.69, 9.17) is 20.1 Å². The Balaban J connectivity index is 2.09. The van der Waals surface area contributed by atoms with Crippen molar-refractivity contribution in [3.05, 3.63) is 10.4 Å². The van der Waals surface area contributed by atoms with Crippen LogP contribution in [-0.4, -0.2) is 70.9 Å². The molecule has 1 fully saturated rings. The summed E-state index contributed by atoms with van der Waals surface area (Å²) in [5.41, 5.74) is 8.13. The molecule has 1 saturated heterocycles. The van der Waals surface area contributed by atoms with Crippen LogP contribution in [0, 0.1) is 0 Å². The van der Waals surface area contributed by atoms with Crippen LogP contribution in [0.15, 0.2) is 5.11 Å². The predicted molar refractivity (Wildman–Crippen MR) is 81.4 cm³/mol. The summed E-state index contributed by atoms with van der Waals surface area (Å²) in [5.74, 6) is 0. The number of hydrogen-bond donors (Lipinski definition) is 4. The molecule has 4 N–H and O–H groups in total. The molecule has 5 atom stereocenters. The van der Waals surface area contributed by atoms with E-state index in [1.165, 1.54) is 0 Å². The van der Waals surface area contributed by atoms with E-state index in [9.17, 15) is 15.3 Å². The highest BCUT2D eigenvalue weighted by atomic mass is 16.7. The zero-order valence-electron chi connectivity index (χ0n) is 13.2. The van der Waals surface area contributed by atoms with Gasteiger partial charge in [-0.2, -0.15) is 0 Å². The average Bonchev–Trinajstić information content (AvgIpc) is 2.56. The standard InChI is InChI=1S/C14H27N3O6/c15-17-16-7-5-3-1-2-4-6-8-22-14-13(21)12(20)11(19)10(9-18)23-14/h10-14,18-21H,1-9H2/t10-,11+,12+,13-,14-/m1/s1. The first-order chi connectivity index (χ1) is 11.1. The number of aliphatic hydroxyl groups excluding tert-OH is 4. The molecule has 0 spiro atoms. The number of nitrogens with zero attached hydrogens (tertiary/aromatic N) is 3. The normalized spacial score (nSPS) is 30.9. The van der Waals surface area contributed by atoms with Crippen LogP contribution < -0.4 is 0 Å². The summed E-state index contributed by atoms with van der Waals surface area (Å²) in [6.45, 7) is 0.443. The molecule has 1 aliphatic rings. The fraction of sp³-hybridized carbons (Fsp3) is 1.00. The van der Waals surface area contributed by atoms with Gasteiger partial charge in [-0.1, -0.05) is 30.8 Å². The van der Waals surface area contributed by atoms with Crippen molar-refractivity contribution in [1.29, 1.82) is 0 Å². The van der Waals surface area contributed by atoms with Crippen molar-refractivity contribution in [2.24, 2.45) is 5.11 Å². The van der Waals surface area contributed by atoms with Crippen molar-refractivity contribution in [3.8, 4) is 0 Å². The van der Waals surface area contributed by atoms with Gasteiger partial charge < -0.3 is 29.9 Å². The number of aliphatic hydroxyl groups is 4. The Bertz CT molecular complexity index is 364. The van der Waals surface area contributed by atoms with E-state index >= 15 is 0 Å². The molecule has 0 radical (unpaired) electrons. The maximum Gasteiger partial charge on any atom is 0.186 e. The molecule has 1 heterocycles. The van der Waals surface area contributed by atoms with Crippen LogP contribution in [0.25, 0.3) is 10.4 Å². The molecule has 0 aromatic heterocycles. The van der Waals surface area contributed by atoms with E-state index in [0.29, 0.717) is 13.2 Å². The van der Waals surface area contributed by atoms with Crippen molar-refractivity contribution in [3.63, 3.8) is 0 Å². The number of rotatable bonds is 11. The molecule has 0 aromatic carbocycles. The topological polar surface area (TPSA) is 148 Å². The fourth-order valence-corrected chi connectivity index (χ4v) is 2.44. The number of hydrogen-bond acceptors (Lipinski definition) is 7. The first-order valence-corrected chi connectivity index (χ1v) is 8.04. The van der Waals surface area contributed by atoms with Crippen LogP contribution in [0.3, 0.4) is 0 Å². The van der Waals surface area contributed by atoms with E-state index in [0.717, 1.165) is 38.5 Å². The summed E-state index contributed by atoms with van der Waals surface area (Å²) >= 11 is 0. The van der Waals surface area contributed by atoms with E-state index in [-0.39, 0.29) is 0 Å². The smallest absolute Gasteiger partial charge is 0.186 e. The van der Waals surface area contributed by atoms with Gasteiger partial charge in [0, 0.05) is 18.1 Å². The maximum atomic E-state index is 9.79. The van der Waals surface area contributed by atoms with Crippen LogP contribution in [0.4, 0.5) is 0 Å². The molecule has 0 saturated carbocycles. The van der Waals surface area contributed by atoms with Crippen LogP contribution in [0.5, 0.6) is 0 Å². The number of unbranched alkanes of at least 4 members (excludes halogenated alkanes) is 5. The van der Waals surface area contributed by atoms with Crippen molar-refractivity contribution >= 4 is 0 Å². The summed E-state index contributed by atoms with van der Waals surface area (Å²) in [5, 5.41) is 41.6. The van der Waals surface area contributed by atoms with Gasteiger partial charge in [0.2, 0.25) is 0 Å². The third-order valence-electron chi connectivity index (χ3n) is 3.85. The van der Waals surface area contributed by atoms with Crippen LogP contribution >= 0.6 is 0 Å². The van der Waals surface area contributed by atoms with Crippen LogP contribution in [0.2, 0.25) is 0 Å². The van der Waals surface area contributed by atoms with E-state index < -0.39 is 37.3 Å². The minimum Gasteiger partial charge on any atom is -0.394 e. The van der Waals surface area contributed by atoms with Gasteiger partial charge in [-0.15, -0.1) is 0 Å². The molecular formula is C14H27N3O6. The van der Waals surface area contributed by atoms with E-state index in [1.54, 1.807) is 0 Å². The van der Waals surface area contributed by atoms with Gasteiger partial charge >= 0.3 is 0 Å². The minimum absolute atomic E-state index is 0.363. The number of azide groups is 1. The highest BCUT2D eigenvalue weighted by molar-refractivity contribution is 4.88. The average molecular weight is 333 g/mol. The third kappa shape index (κ3) is 7.01. The van der Waals surface area contributed by atoms with Gasteiger partial charge in [0.15, 0.2) is 6.29 Å². The third-order valence-corrected chi connectivity index (χ3v) is 3.85. The summed E-state index contributed by atoms with van der Waals surface area (Å²) in [6, 6.07) is 0. The zero-order valence-corrected chi connectivity index (χ0v) is 13.2. The Morgan fingerprint density at radius 3 is 2.26 bits per heavy atom. The van der Waals surface area contributed by atoms with Gasteiger partial charge in [-0.25, -0.2) is 0 Å². The van der Waals surface area contributed by atoms with Crippen molar-refractivity contribution in [2.75, 3.05) is 19.8 Å². The molecule has 0 bridgehead atoms. The second kappa shape index (κ2) is 11.6. The van der Waals surface area contributed by atoms with Crippen LogP contribution in [-0.2, 0) is 9.47 Å². The fourth-order valence-electron chi connectivity index (χ4n) is 2.44. The van der Waals surface area contributed by atoms with Gasteiger partial charge in [0.25, 0.3) is 0 Å². The molecule has 134 valence electrons. The molecule has 0 aliphatic carbocycles. The molecule has 0 unspecified atom stereocenters. The minimum atomic E-state index is -1.40. The quantitative estimate of drug-likeness (QED) is 0.187. The van der Waals surface area contributed by atoms with Gasteiger partial charge in [0.05, 0.1) is 6.61 Å². The lowest BCUT2D eigenvalue weighted by atomic mass is 9.99. The van der Waals surface area contributed by atoms with Gasteiger partial charge in [0.1, 0.15) is 24.4 Å². The largest absolute Gasteiger partial charge is 0.394 e. The number of ether oxygens (including phenoxy) is 2. The SMILES string of the molecule is [N-]=[N+]=NCCCCCCCCO[C@@H]1O[C@H](CO)[C@H](O)[C@H](O)[C@H]1O. The lowest BCUT2D eigenvalue weighted by Crippen LogP contribution is -2.59. The van der Waals surface area contributed by atoms with Gasteiger partial charge in [-0.05, 0) is 18.4 Å². The predicted octanol–water partition coefficient (Wildman–Crippen LogP) is 0.454. The Morgan fingerprint density at radius 1 is 0.957 bits per heavy atom. The second-order valence-electron chi connectivity index (χ2n) is 5.64. The monoisotopic (exact) mass is 333 g/mol. The Kier molecular flexibility index (Phi) is 10.1. The molecule has 0 amide bonds. The molecular weight excluding hydrogens is 306 g/mol. The first kappa shape index (κ1) is 20.1. The zero-order chi connectivity index (χ0) is 17.1. The summed E-state index contributed by atoms with van der Waals surface area (Å²) in [4.78, 5) is 2.69. The Hall–Kier alpha value is -0.930. The van der Waals surface area contributed by atoms with Crippen molar-refractivity contribution in [2.45, 2.75) is 69.2 Å². The molecule has 1 aliphatic heterocycles. The Morgan fingerprint density at radius 2 is 1.61 bits per heavy atom.